The van der Waals surface area contributed by atoms with Crippen LogP contribution in [0.15, 0.2) is 78.0 Å². The third-order valence-corrected chi connectivity index (χ3v) is 6.64. The Hall–Kier alpha value is -3.97. The van der Waals surface area contributed by atoms with Crippen LogP contribution in [0.25, 0.3) is 11.3 Å². The number of aromatic nitrogens is 1. The minimum Gasteiger partial charge on any atom is -0.489 e. The molecule has 0 bridgehead atoms. The molecule has 198 valence electrons. The van der Waals surface area contributed by atoms with Crippen LogP contribution in [-0.4, -0.2) is 66.7 Å². The van der Waals surface area contributed by atoms with E-state index in [0.717, 1.165) is 29.0 Å². The number of benzene rings is 2. The molecule has 0 unspecified atom stereocenters. The molecule has 3 aromatic rings. The van der Waals surface area contributed by atoms with Crippen molar-refractivity contribution >= 4 is 22.9 Å². The van der Waals surface area contributed by atoms with Gasteiger partial charge in [-0.2, -0.15) is 0 Å². The average Bonchev–Trinajstić information content (AvgIpc) is 2.93. The lowest BCUT2D eigenvalue weighted by molar-refractivity contribution is -0.124. The minimum atomic E-state index is -0.102. The van der Waals surface area contributed by atoms with Crippen molar-refractivity contribution in [1.82, 2.24) is 14.8 Å². The highest BCUT2D eigenvalue weighted by Gasteiger charge is 2.29. The molecular weight excluding hydrogens is 474 g/mol. The number of rotatable bonds is 10. The summed E-state index contributed by atoms with van der Waals surface area (Å²) in [4.78, 5) is 26.2. The Morgan fingerprint density at radius 2 is 1.68 bits per heavy atom. The molecule has 38 heavy (non-hydrogen) atoms. The fraction of sp³-hybridized carbons (Fsp3) is 0.323. The summed E-state index contributed by atoms with van der Waals surface area (Å²) in [5, 5.41) is 0. The molecule has 7 heteroatoms. The predicted octanol–water partition coefficient (Wildman–Crippen LogP) is 4.46. The van der Waals surface area contributed by atoms with E-state index in [0.29, 0.717) is 49.1 Å². The van der Waals surface area contributed by atoms with Gasteiger partial charge in [0.05, 0.1) is 6.54 Å². The number of hydrogen-bond acceptors (Lipinski definition) is 6. The fourth-order valence-corrected chi connectivity index (χ4v) is 4.30. The van der Waals surface area contributed by atoms with Crippen molar-refractivity contribution in [3.8, 4) is 5.75 Å². The molecule has 0 saturated heterocycles. The molecule has 2 N–H and O–H groups in total. The Labute approximate surface area is 225 Å². The van der Waals surface area contributed by atoms with E-state index in [2.05, 4.69) is 53.0 Å². The quantitative estimate of drug-likeness (QED) is 0.435. The number of nitrogens with two attached hydrogens (primary N) is 1. The Bertz CT molecular complexity index is 1280. The van der Waals surface area contributed by atoms with Crippen LogP contribution in [0.5, 0.6) is 5.75 Å². The van der Waals surface area contributed by atoms with Gasteiger partial charge in [0.15, 0.2) is 0 Å². The maximum Gasteiger partial charge on any atom is 0.272 e. The molecule has 0 radical (unpaired) electrons. The first-order valence-electron chi connectivity index (χ1n) is 13.0. The van der Waals surface area contributed by atoms with Gasteiger partial charge in [0, 0.05) is 48.9 Å². The average molecular weight is 512 g/mol. The van der Waals surface area contributed by atoms with Gasteiger partial charge in [-0.3, -0.25) is 14.8 Å². The Morgan fingerprint density at radius 3 is 2.32 bits per heavy atom. The number of pyridine rings is 1. The van der Waals surface area contributed by atoms with Crippen LogP contribution in [0.3, 0.4) is 0 Å². The minimum absolute atomic E-state index is 0.102. The molecule has 2 aromatic carbocycles. The maximum atomic E-state index is 13.5. The van der Waals surface area contributed by atoms with Gasteiger partial charge in [0.1, 0.15) is 18.1 Å². The molecule has 1 aliphatic rings. The first-order valence-corrected chi connectivity index (χ1v) is 13.0. The van der Waals surface area contributed by atoms with E-state index in [-0.39, 0.29) is 5.91 Å². The van der Waals surface area contributed by atoms with Crippen LogP contribution in [0.2, 0.25) is 0 Å². The van der Waals surface area contributed by atoms with Gasteiger partial charge in [-0.25, -0.2) is 0 Å². The largest absolute Gasteiger partial charge is 0.489 e. The zero-order valence-electron chi connectivity index (χ0n) is 22.7. The number of hydrogen-bond donors (Lipinski definition) is 1. The van der Waals surface area contributed by atoms with Crippen LogP contribution in [0.4, 0.5) is 0 Å². The van der Waals surface area contributed by atoms with E-state index >= 15 is 0 Å². The van der Waals surface area contributed by atoms with Crippen LogP contribution >= 0.6 is 0 Å². The van der Waals surface area contributed by atoms with Gasteiger partial charge in [-0.15, -0.1) is 0 Å². The number of nitrogens with zero attached hydrogens (tertiary/aromatic N) is 4. The molecule has 1 aliphatic heterocycles. The van der Waals surface area contributed by atoms with Gasteiger partial charge in [0.2, 0.25) is 0 Å². The summed E-state index contributed by atoms with van der Waals surface area (Å²) in [6.45, 7) is 7.41. The second-order valence-electron chi connectivity index (χ2n) is 10.1. The summed E-state index contributed by atoms with van der Waals surface area (Å²) in [7, 11) is 4.00. The number of ether oxygens (including phenoxy) is 1. The molecule has 0 atom stereocenters. The van der Waals surface area contributed by atoms with E-state index in [1.54, 1.807) is 12.4 Å². The molecule has 4 rings (SSSR count). The standard InChI is InChI=1S/C31H37N5O2/c1-22(2)24-7-5-23(6-8-24)21-38-27-11-9-25(10-12-27)28(29(32)26-13-15-33-16-14-26)30-31(37)36(18-17-34-30)20-19-35(3)4/h5-16,22H,17-21,32H2,1-4H3. The van der Waals surface area contributed by atoms with E-state index in [1.807, 2.05) is 55.4 Å². The Morgan fingerprint density at radius 1 is 1.00 bits per heavy atom. The lowest BCUT2D eigenvalue weighted by Crippen LogP contribution is -2.45. The van der Waals surface area contributed by atoms with Crippen LogP contribution < -0.4 is 10.5 Å². The summed E-state index contributed by atoms with van der Waals surface area (Å²) in [6, 6.07) is 19.9. The number of aliphatic imine (C=N–C) groups is 1. The predicted molar refractivity (Wildman–Crippen MR) is 154 cm³/mol. The first kappa shape index (κ1) is 27.1. The summed E-state index contributed by atoms with van der Waals surface area (Å²) in [6.07, 6.45) is 3.39. The molecule has 1 amide bonds. The highest BCUT2D eigenvalue weighted by molar-refractivity contribution is 6.58. The van der Waals surface area contributed by atoms with Crippen molar-refractivity contribution in [2.75, 3.05) is 40.3 Å². The monoisotopic (exact) mass is 511 g/mol. The molecular formula is C31H37N5O2. The van der Waals surface area contributed by atoms with Crippen LogP contribution in [0.1, 0.15) is 42.0 Å². The van der Waals surface area contributed by atoms with Gasteiger partial charge in [-0.1, -0.05) is 50.2 Å². The van der Waals surface area contributed by atoms with Gasteiger partial charge >= 0.3 is 0 Å². The number of carbonyl (C=O) groups is 1. The Kier molecular flexibility index (Phi) is 8.92. The van der Waals surface area contributed by atoms with Gasteiger partial charge < -0.3 is 20.3 Å². The summed E-state index contributed by atoms with van der Waals surface area (Å²) < 4.78 is 6.04. The van der Waals surface area contributed by atoms with Crippen molar-refractivity contribution in [3.63, 3.8) is 0 Å². The van der Waals surface area contributed by atoms with Crippen LogP contribution in [-0.2, 0) is 11.4 Å². The molecule has 0 fully saturated rings. The van der Waals surface area contributed by atoms with E-state index < -0.39 is 0 Å². The second-order valence-corrected chi connectivity index (χ2v) is 10.1. The highest BCUT2D eigenvalue weighted by Crippen LogP contribution is 2.28. The summed E-state index contributed by atoms with van der Waals surface area (Å²) in [5.41, 5.74) is 12.2. The lowest BCUT2D eigenvalue weighted by atomic mass is 9.94. The maximum absolute atomic E-state index is 13.5. The third-order valence-electron chi connectivity index (χ3n) is 6.64. The molecule has 1 aromatic heterocycles. The van der Waals surface area contributed by atoms with Gasteiger partial charge in [0.25, 0.3) is 5.91 Å². The van der Waals surface area contributed by atoms with E-state index in [4.69, 9.17) is 10.5 Å². The first-order chi connectivity index (χ1) is 18.3. The lowest BCUT2D eigenvalue weighted by Gasteiger charge is -2.29. The smallest absolute Gasteiger partial charge is 0.272 e. The van der Waals surface area contributed by atoms with Crippen molar-refractivity contribution in [3.05, 3.63) is 95.3 Å². The number of carbonyl (C=O) groups excluding carboxylic acids is 1. The van der Waals surface area contributed by atoms with Crippen molar-refractivity contribution < 1.29 is 9.53 Å². The van der Waals surface area contributed by atoms with Crippen molar-refractivity contribution in [2.24, 2.45) is 10.7 Å². The van der Waals surface area contributed by atoms with E-state index in [1.165, 1.54) is 5.56 Å². The van der Waals surface area contributed by atoms with Gasteiger partial charge in [-0.05, 0) is 61.0 Å². The topological polar surface area (TPSA) is 84.0 Å². The normalized spacial score (nSPS) is 14.5. The summed E-state index contributed by atoms with van der Waals surface area (Å²) in [5.74, 6) is 1.14. The van der Waals surface area contributed by atoms with Crippen LogP contribution in [0, 0.1) is 0 Å². The molecule has 0 aliphatic carbocycles. The van der Waals surface area contributed by atoms with E-state index in [9.17, 15) is 4.79 Å². The zero-order chi connectivity index (χ0) is 27.1. The SMILES string of the molecule is CC(C)c1ccc(COc2ccc(C(C3=NCCN(CCN(C)C)C3=O)=C(N)c3ccncc3)cc2)cc1. The zero-order valence-corrected chi connectivity index (χ0v) is 22.7. The fourth-order valence-electron chi connectivity index (χ4n) is 4.30. The Balaban J connectivity index is 1.59. The molecule has 2 heterocycles. The molecule has 7 nitrogen and oxygen atoms in total. The second kappa shape index (κ2) is 12.5. The summed E-state index contributed by atoms with van der Waals surface area (Å²) >= 11 is 0. The van der Waals surface area contributed by atoms with Crippen molar-refractivity contribution in [2.45, 2.75) is 26.4 Å². The van der Waals surface area contributed by atoms with Crippen molar-refractivity contribution in [1.29, 1.82) is 0 Å². The molecule has 0 saturated carbocycles. The highest BCUT2D eigenvalue weighted by atomic mass is 16.5. The number of likely N-dealkylation sites (N-methyl/N-ethyl adjacent to an activating group) is 1. The number of amides is 1. The third kappa shape index (κ3) is 6.66. The molecule has 0 spiro atoms.